The molecule has 1 aromatic rings. The summed E-state index contributed by atoms with van der Waals surface area (Å²) in [5.41, 5.74) is 1.79. The van der Waals surface area contributed by atoms with Gasteiger partial charge in [-0.05, 0) is 25.5 Å². The number of hydrogen-bond acceptors (Lipinski definition) is 3. The summed E-state index contributed by atoms with van der Waals surface area (Å²) in [6, 6.07) is 9.87. The van der Waals surface area contributed by atoms with Gasteiger partial charge in [0.1, 0.15) is 4.32 Å². The number of hydrogen-bond donors (Lipinski definition) is 0. The molecule has 0 aliphatic rings. The highest BCUT2D eigenvalue weighted by Gasteiger charge is 2.07. The van der Waals surface area contributed by atoms with Crippen LogP contribution in [0, 0.1) is 11.3 Å². The van der Waals surface area contributed by atoms with Crippen LogP contribution in [-0.2, 0) is 5.75 Å². The lowest BCUT2D eigenvalue weighted by Gasteiger charge is -2.20. The first-order chi connectivity index (χ1) is 8.22. The van der Waals surface area contributed by atoms with E-state index in [4.69, 9.17) is 17.5 Å². The summed E-state index contributed by atoms with van der Waals surface area (Å²) in [4.78, 5) is 2.15. The third-order valence-corrected chi connectivity index (χ3v) is 4.08. The van der Waals surface area contributed by atoms with E-state index in [1.54, 1.807) is 11.8 Å². The van der Waals surface area contributed by atoms with Crippen LogP contribution in [-0.4, -0.2) is 22.3 Å². The molecule has 1 rings (SSSR count). The highest BCUT2D eigenvalue weighted by molar-refractivity contribution is 8.22. The molecule has 0 amide bonds. The predicted octanol–water partition coefficient (Wildman–Crippen LogP) is 3.42. The molecule has 4 heteroatoms. The lowest BCUT2D eigenvalue weighted by atomic mass is 10.1. The molecular weight excluding hydrogens is 248 g/mol. The summed E-state index contributed by atoms with van der Waals surface area (Å²) in [5, 5.41) is 8.98. The average Bonchev–Trinajstić information content (AvgIpc) is 2.38. The Kier molecular flexibility index (Phi) is 6.03. The Morgan fingerprint density at radius 3 is 2.59 bits per heavy atom. The zero-order valence-electron chi connectivity index (χ0n) is 10.1. The maximum absolute atomic E-state index is 8.98. The number of nitrogens with zero attached hydrogens (tertiary/aromatic N) is 2. The fraction of sp³-hybridized carbons (Fsp3) is 0.385. The Hall–Kier alpha value is -1.05. The number of rotatable bonds is 4. The van der Waals surface area contributed by atoms with Gasteiger partial charge in [0.25, 0.3) is 0 Å². The molecular formula is C13H16N2S2. The van der Waals surface area contributed by atoms with E-state index >= 15 is 0 Å². The maximum atomic E-state index is 8.98. The van der Waals surface area contributed by atoms with Crippen molar-refractivity contribution < 1.29 is 0 Å². The second kappa shape index (κ2) is 7.31. The lowest BCUT2D eigenvalue weighted by Crippen LogP contribution is -2.26. The molecule has 0 heterocycles. The number of thiocarbonyl (C=S) groups is 1. The highest BCUT2D eigenvalue weighted by atomic mass is 32.2. The molecule has 0 atom stereocenters. The summed E-state index contributed by atoms with van der Waals surface area (Å²) in [7, 11) is 0. The molecule has 0 saturated heterocycles. The van der Waals surface area contributed by atoms with Crippen molar-refractivity contribution in [2.75, 3.05) is 13.1 Å². The Morgan fingerprint density at radius 1 is 1.35 bits per heavy atom. The third kappa shape index (κ3) is 4.03. The quantitative estimate of drug-likeness (QED) is 0.779. The van der Waals surface area contributed by atoms with Crippen molar-refractivity contribution in [3.05, 3.63) is 35.4 Å². The summed E-state index contributed by atoms with van der Waals surface area (Å²) < 4.78 is 0.905. The van der Waals surface area contributed by atoms with E-state index in [2.05, 4.69) is 24.8 Å². The van der Waals surface area contributed by atoms with Crippen molar-refractivity contribution in [1.82, 2.24) is 4.90 Å². The molecule has 0 aliphatic carbocycles. The number of benzene rings is 1. The zero-order valence-corrected chi connectivity index (χ0v) is 11.8. The summed E-state index contributed by atoms with van der Waals surface area (Å²) in [6.07, 6.45) is 0. The molecule has 0 saturated carbocycles. The van der Waals surface area contributed by atoms with Gasteiger partial charge in [0.05, 0.1) is 11.6 Å². The third-order valence-electron chi connectivity index (χ3n) is 2.51. The van der Waals surface area contributed by atoms with Gasteiger partial charge in [-0.25, -0.2) is 0 Å². The van der Waals surface area contributed by atoms with Gasteiger partial charge >= 0.3 is 0 Å². The van der Waals surface area contributed by atoms with Crippen LogP contribution in [0.15, 0.2) is 24.3 Å². The van der Waals surface area contributed by atoms with Gasteiger partial charge in [-0.2, -0.15) is 5.26 Å². The van der Waals surface area contributed by atoms with Crippen LogP contribution in [0.3, 0.4) is 0 Å². The molecule has 17 heavy (non-hydrogen) atoms. The van der Waals surface area contributed by atoms with Gasteiger partial charge in [-0.1, -0.05) is 42.2 Å². The minimum Gasteiger partial charge on any atom is -0.358 e. The van der Waals surface area contributed by atoms with Crippen molar-refractivity contribution in [3.63, 3.8) is 0 Å². The molecule has 2 nitrogen and oxygen atoms in total. The molecule has 0 fully saturated rings. The highest BCUT2D eigenvalue weighted by Crippen LogP contribution is 2.19. The molecule has 0 aromatic heterocycles. The smallest absolute Gasteiger partial charge is 0.136 e. The van der Waals surface area contributed by atoms with Gasteiger partial charge in [0, 0.05) is 18.8 Å². The fourth-order valence-electron chi connectivity index (χ4n) is 1.47. The topological polar surface area (TPSA) is 27.0 Å². The van der Waals surface area contributed by atoms with Crippen molar-refractivity contribution >= 4 is 28.3 Å². The molecule has 0 bridgehead atoms. The van der Waals surface area contributed by atoms with E-state index in [9.17, 15) is 0 Å². The first-order valence-electron chi connectivity index (χ1n) is 5.62. The molecule has 0 N–H and O–H groups in total. The summed E-state index contributed by atoms with van der Waals surface area (Å²) >= 11 is 6.98. The van der Waals surface area contributed by atoms with Gasteiger partial charge in [-0.15, -0.1) is 0 Å². The Morgan fingerprint density at radius 2 is 2.00 bits per heavy atom. The van der Waals surface area contributed by atoms with E-state index in [1.807, 2.05) is 24.3 Å². The summed E-state index contributed by atoms with van der Waals surface area (Å²) in [6.45, 7) is 6.06. The van der Waals surface area contributed by atoms with Gasteiger partial charge < -0.3 is 4.90 Å². The largest absolute Gasteiger partial charge is 0.358 e. The van der Waals surface area contributed by atoms with E-state index in [0.29, 0.717) is 0 Å². The lowest BCUT2D eigenvalue weighted by molar-refractivity contribution is 0.482. The zero-order chi connectivity index (χ0) is 12.7. The van der Waals surface area contributed by atoms with E-state index in [-0.39, 0.29) is 0 Å². The number of thioether (sulfide) groups is 1. The van der Waals surface area contributed by atoms with E-state index in [1.165, 1.54) is 0 Å². The molecule has 0 spiro atoms. The second-order valence-corrected chi connectivity index (χ2v) is 5.10. The Bertz CT molecular complexity index is 420. The van der Waals surface area contributed by atoms with Crippen molar-refractivity contribution in [1.29, 1.82) is 5.26 Å². The van der Waals surface area contributed by atoms with Gasteiger partial charge in [0.2, 0.25) is 0 Å². The first kappa shape index (κ1) is 14.0. The van der Waals surface area contributed by atoms with Crippen LogP contribution in [0.25, 0.3) is 0 Å². The SMILES string of the molecule is CCN(CC)C(=S)SCc1ccccc1C#N. The average molecular weight is 264 g/mol. The maximum Gasteiger partial charge on any atom is 0.136 e. The normalized spacial score (nSPS) is 9.71. The monoisotopic (exact) mass is 264 g/mol. The van der Waals surface area contributed by atoms with Crippen LogP contribution in [0.4, 0.5) is 0 Å². The van der Waals surface area contributed by atoms with Crippen LogP contribution in [0.2, 0.25) is 0 Å². The molecule has 1 aromatic carbocycles. The number of nitriles is 1. The standard InChI is InChI=1S/C13H16N2S2/c1-3-15(4-2)13(16)17-10-12-8-6-5-7-11(12)9-14/h5-8H,3-4,10H2,1-2H3. The van der Waals surface area contributed by atoms with Crippen LogP contribution in [0.1, 0.15) is 25.0 Å². The summed E-state index contributed by atoms with van der Waals surface area (Å²) in [5.74, 6) is 0.763. The van der Waals surface area contributed by atoms with Crippen molar-refractivity contribution in [2.45, 2.75) is 19.6 Å². The Labute approximate surface area is 113 Å². The minimum absolute atomic E-state index is 0.738. The first-order valence-corrected chi connectivity index (χ1v) is 7.02. The van der Waals surface area contributed by atoms with Crippen LogP contribution >= 0.6 is 24.0 Å². The predicted molar refractivity (Wildman–Crippen MR) is 78.0 cm³/mol. The van der Waals surface area contributed by atoms with E-state index < -0.39 is 0 Å². The molecule has 0 aliphatic heterocycles. The molecule has 0 unspecified atom stereocenters. The van der Waals surface area contributed by atoms with Gasteiger partial charge in [0.15, 0.2) is 0 Å². The van der Waals surface area contributed by atoms with E-state index in [0.717, 1.165) is 34.3 Å². The second-order valence-electron chi connectivity index (χ2n) is 3.50. The minimum atomic E-state index is 0.738. The molecule has 90 valence electrons. The van der Waals surface area contributed by atoms with Crippen molar-refractivity contribution in [2.24, 2.45) is 0 Å². The van der Waals surface area contributed by atoms with Crippen LogP contribution in [0.5, 0.6) is 0 Å². The fourth-order valence-corrected chi connectivity index (χ4v) is 2.87. The Balaban J connectivity index is 2.62. The van der Waals surface area contributed by atoms with Gasteiger partial charge in [-0.3, -0.25) is 0 Å². The molecule has 0 radical (unpaired) electrons. The van der Waals surface area contributed by atoms with Crippen LogP contribution < -0.4 is 0 Å². The van der Waals surface area contributed by atoms with Crippen molar-refractivity contribution in [3.8, 4) is 6.07 Å².